The Hall–Kier alpha value is -1.69. The predicted octanol–water partition coefficient (Wildman–Crippen LogP) is 3.16. The van der Waals surface area contributed by atoms with Crippen LogP contribution in [-0.2, 0) is 12.7 Å². The van der Waals surface area contributed by atoms with Gasteiger partial charge in [-0.15, -0.1) is 0 Å². The predicted molar refractivity (Wildman–Crippen MR) is 104 cm³/mol. The van der Waals surface area contributed by atoms with Gasteiger partial charge < -0.3 is 0 Å². The standard InChI is InChI=1S/C19H20AsClF3NO3/c1-11(10-26)20-15-5-4-13(19(22,23)24)8-14(15)18(27)25-9-12-3-6-16(21)17(7-12)28-2/h3-8,11,20,26H,9-10H2,1-2H3,(H,25,27). The van der Waals surface area contributed by atoms with E-state index < -0.39 is 33.4 Å². The second-order valence-electron chi connectivity index (χ2n) is 6.14. The average Bonchev–Trinajstić information content (AvgIpc) is 2.66. The summed E-state index contributed by atoms with van der Waals surface area (Å²) in [5, 5.41) is 12.3. The summed E-state index contributed by atoms with van der Waals surface area (Å²) < 4.78 is 44.8. The molecular weight excluding hydrogens is 458 g/mol. The number of ether oxygens (including phenoxy) is 1. The number of hydrogen-bond donors (Lipinski definition) is 2. The Kier molecular flexibility index (Phi) is 7.81. The van der Waals surface area contributed by atoms with Crippen molar-refractivity contribution in [3.8, 4) is 5.75 Å². The molecule has 9 heteroatoms. The van der Waals surface area contributed by atoms with Crippen molar-refractivity contribution in [2.75, 3.05) is 13.7 Å². The van der Waals surface area contributed by atoms with Gasteiger partial charge in [0.25, 0.3) is 0 Å². The molecule has 0 bridgehead atoms. The molecule has 0 saturated heterocycles. The normalized spacial score (nSPS) is 13.0. The molecule has 28 heavy (non-hydrogen) atoms. The number of carbonyl (C=O) groups is 1. The van der Waals surface area contributed by atoms with Crippen molar-refractivity contribution >= 4 is 37.6 Å². The molecular formula is C19H20AsClF3NO3. The Balaban J connectivity index is 2.26. The number of amides is 1. The van der Waals surface area contributed by atoms with Crippen LogP contribution in [0.3, 0.4) is 0 Å². The zero-order valence-electron chi connectivity index (χ0n) is 15.2. The molecule has 2 N–H and O–H groups in total. The molecule has 2 rings (SSSR count). The molecule has 0 aliphatic rings. The minimum absolute atomic E-state index is 0.00365. The Labute approximate surface area is 172 Å². The first kappa shape index (κ1) is 22.6. The summed E-state index contributed by atoms with van der Waals surface area (Å²) in [6.07, 6.45) is -4.54. The quantitative estimate of drug-likeness (QED) is 0.603. The Morgan fingerprint density at radius 1 is 1.29 bits per heavy atom. The molecule has 0 aliphatic heterocycles. The average molecular weight is 478 g/mol. The van der Waals surface area contributed by atoms with E-state index in [-0.39, 0.29) is 23.4 Å². The Morgan fingerprint density at radius 3 is 2.61 bits per heavy atom. The van der Waals surface area contributed by atoms with Gasteiger partial charge in [0.2, 0.25) is 0 Å². The first-order chi connectivity index (χ1) is 13.2. The van der Waals surface area contributed by atoms with Crippen molar-refractivity contribution in [3.63, 3.8) is 0 Å². The van der Waals surface area contributed by atoms with Gasteiger partial charge in [-0.1, -0.05) is 0 Å². The van der Waals surface area contributed by atoms with Crippen molar-refractivity contribution in [1.82, 2.24) is 5.32 Å². The van der Waals surface area contributed by atoms with Crippen LogP contribution in [0.4, 0.5) is 13.2 Å². The van der Waals surface area contributed by atoms with E-state index in [1.165, 1.54) is 13.2 Å². The molecule has 152 valence electrons. The summed E-state index contributed by atoms with van der Waals surface area (Å²) in [5.74, 6) is -0.152. The maximum atomic E-state index is 13.1. The van der Waals surface area contributed by atoms with Crippen LogP contribution in [0.5, 0.6) is 5.75 Å². The third kappa shape index (κ3) is 5.90. The van der Waals surface area contributed by atoms with Gasteiger partial charge in [-0.25, -0.2) is 0 Å². The molecule has 4 nitrogen and oxygen atoms in total. The molecule has 2 unspecified atom stereocenters. The van der Waals surface area contributed by atoms with Crippen molar-refractivity contribution in [2.45, 2.75) is 24.4 Å². The van der Waals surface area contributed by atoms with E-state index in [0.29, 0.717) is 20.7 Å². The van der Waals surface area contributed by atoms with E-state index in [9.17, 15) is 23.1 Å². The molecule has 0 aliphatic carbocycles. The molecule has 2 atom stereocenters. The third-order valence-electron chi connectivity index (χ3n) is 3.94. The van der Waals surface area contributed by atoms with Crippen LogP contribution >= 0.6 is 11.6 Å². The van der Waals surface area contributed by atoms with Gasteiger partial charge in [0.05, 0.1) is 0 Å². The summed E-state index contributed by atoms with van der Waals surface area (Å²) in [4.78, 5) is 12.6. The van der Waals surface area contributed by atoms with Crippen molar-refractivity contribution < 1.29 is 27.8 Å². The summed E-state index contributed by atoms with van der Waals surface area (Å²) in [6, 6.07) is 8.16. The maximum absolute atomic E-state index is 13.1. The van der Waals surface area contributed by atoms with Gasteiger partial charge in [0, 0.05) is 0 Å². The fraction of sp³-hybridized carbons (Fsp3) is 0.316. The SMILES string of the molecule is COc1cc(CNC(=O)c2cc(C(F)(F)F)ccc2[AsH]C(C)CO)ccc1Cl. The number of nitrogens with one attached hydrogen (secondary N) is 1. The van der Waals surface area contributed by atoms with Crippen LogP contribution in [-0.4, -0.2) is 40.5 Å². The van der Waals surface area contributed by atoms with E-state index in [1.54, 1.807) is 25.1 Å². The zero-order chi connectivity index (χ0) is 20.9. The topological polar surface area (TPSA) is 58.6 Å². The molecule has 0 heterocycles. The number of aliphatic hydroxyl groups excluding tert-OH is 1. The number of aliphatic hydroxyl groups is 1. The second-order valence-corrected chi connectivity index (χ2v) is 10.3. The molecule has 2 aromatic carbocycles. The summed E-state index contributed by atoms with van der Waals surface area (Å²) >= 11 is 4.97. The van der Waals surface area contributed by atoms with Crippen molar-refractivity contribution in [3.05, 3.63) is 58.1 Å². The van der Waals surface area contributed by atoms with Crippen LogP contribution in [0.2, 0.25) is 9.73 Å². The Bertz CT molecular complexity index is 846. The first-order valence-corrected chi connectivity index (χ1v) is 11.0. The third-order valence-corrected chi connectivity index (χ3v) is 7.23. The zero-order valence-corrected chi connectivity index (χ0v) is 18.1. The van der Waals surface area contributed by atoms with E-state index in [0.717, 1.165) is 12.1 Å². The van der Waals surface area contributed by atoms with Gasteiger partial charge in [-0.05, 0) is 0 Å². The fourth-order valence-corrected chi connectivity index (χ4v) is 5.03. The van der Waals surface area contributed by atoms with Crippen LogP contribution in [0.15, 0.2) is 36.4 Å². The number of benzene rings is 2. The van der Waals surface area contributed by atoms with Gasteiger partial charge in [0.1, 0.15) is 0 Å². The molecule has 0 spiro atoms. The van der Waals surface area contributed by atoms with Gasteiger partial charge >= 0.3 is 173 Å². The fourth-order valence-electron chi connectivity index (χ4n) is 2.44. The van der Waals surface area contributed by atoms with Crippen molar-refractivity contribution in [1.29, 1.82) is 0 Å². The number of alkyl halides is 3. The van der Waals surface area contributed by atoms with Crippen LogP contribution in [0.25, 0.3) is 0 Å². The second kappa shape index (κ2) is 9.68. The molecule has 2 aromatic rings. The van der Waals surface area contributed by atoms with Crippen LogP contribution in [0, 0.1) is 0 Å². The number of hydrogen-bond acceptors (Lipinski definition) is 3. The Morgan fingerprint density at radius 2 is 2.00 bits per heavy atom. The number of halogens is 4. The van der Waals surface area contributed by atoms with Gasteiger partial charge in [0.15, 0.2) is 0 Å². The number of methoxy groups -OCH3 is 1. The first-order valence-electron chi connectivity index (χ1n) is 8.35. The summed E-state index contributed by atoms with van der Waals surface area (Å²) in [5.41, 5.74) is -0.184. The summed E-state index contributed by atoms with van der Waals surface area (Å²) in [6.45, 7) is 1.84. The molecule has 1 amide bonds. The van der Waals surface area contributed by atoms with E-state index in [4.69, 9.17) is 16.3 Å². The van der Waals surface area contributed by atoms with Crippen molar-refractivity contribution in [2.24, 2.45) is 0 Å². The molecule has 0 saturated carbocycles. The minimum atomic E-state index is -4.54. The van der Waals surface area contributed by atoms with E-state index in [1.807, 2.05) is 0 Å². The molecule has 0 aromatic heterocycles. The van der Waals surface area contributed by atoms with Crippen LogP contribution in [0.1, 0.15) is 28.4 Å². The number of rotatable bonds is 7. The number of carbonyl (C=O) groups excluding carboxylic acids is 1. The van der Waals surface area contributed by atoms with Crippen LogP contribution < -0.4 is 14.4 Å². The molecule has 0 radical (unpaired) electrons. The van der Waals surface area contributed by atoms with Gasteiger partial charge in [-0.2, -0.15) is 0 Å². The summed E-state index contributed by atoms with van der Waals surface area (Å²) in [7, 11) is 1.46. The van der Waals surface area contributed by atoms with E-state index >= 15 is 0 Å². The molecule has 0 fully saturated rings. The monoisotopic (exact) mass is 477 g/mol. The van der Waals surface area contributed by atoms with E-state index in [2.05, 4.69) is 5.32 Å². The van der Waals surface area contributed by atoms with Gasteiger partial charge in [-0.3, -0.25) is 0 Å².